The molecule has 0 amide bonds. The van der Waals surface area contributed by atoms with E-state index in [1.807, 2.05) is 42.6 Å². The summed E-state index contributed by atoms with van der Waals surface area (Å²) in [6, 6.07) is 17.2. The lowest BCUT2D eigenvalue weighted by Crippen LogP contribution is -2.13. The summed E-state index contributed by atoms with van der Waals surface area (Å²) >= 11 is 7.94. The molecule has 1 heterocycles. The largest absolute Gasteiger partial charge is 0.336 e. The van der Waals surface area contributed by atoms with Gasteiger partial charge in [-0.3, -0.25) is 0 Å². The number of hydrogen-bond acceptors (Lipinski definition) is 2. The van der Waals surface area contributed by atoms with Crippen LogP contribution in [0.5, 0.6) is 0 Å². The zero-order valence-corrected chi connectivity index (χ0v) is 17.8. The van der Waals surface area contributed by atoms with Gasteiger partial charge in [0.15, 0.2) is 0 Å². The zero-order valence-electron chi connectivity index (χ0n) is 16.2. The van der Waals surface area contributed by atoms with Gasteiger partial charge >= 0.3 is 0 Å². The molecule has 27 heavy (non-hydrogen) atoms. The Kier molecular flexibility index (Phi) is 6.67. The average Bonchev–Trinajstić information content (AvgIpc) is 3.14. The fraction of sp³-hybridized carbons (Fsp3) is 0.348. The van der Waals surface area contributed by atoms with E-state index in [2.05, 4.69) is 66.7 Å². The van der Waals surface area contributed by atoms with Crippen molar-refractivity contribution in [1.82, 2.24) is 9.55 Å². The second-order valence-corrected chi connectivity index (χ2v) is 9.75. The quantitative estimate of drug-likeness (QED) is 0.416. The summed E-state index contributed by atoms with van der Waals surface area (Å²) < 4.78 is 2.16. The predicted molar refractivity (Wildman–Crippen MR) is 117 cm³/mol. The van der Waals surface area contributed by atoms with Crippen molar-refractivity contribution in [3.05, 3.63) is 83.4 Å². The minimum absolute atomic E-state index is 0.201. The first-order chi connectivity index (χ1) is 12.9. The van der Waals surface area contributed by atoms with Crippen molar-refractivity contribution in [2.24, 2.45) is 0 Å². The first-order valence-corrected chi connectivity index (χ1v) is 10.6. The number of imidazole rings is 1. The number of benzene rings is 2. The van der Waals surface area contributed by atoms with Gasteiger partial charge in [-0.25, -0.2) is 4.98 Å². The maximum absolute atomic E-state index is 6.03. The lowest BCUT2D eigenvalue weighted by molar-refractivity contribution is 0.589. The van der Waals surface area contributed by atoms with Crippen LogP contribution in [0.25, 0.3) is 0 Å². The standard InChI is InChI=1S/C23H27ClN2S/c1-23(2,3)19-7-4-18(5-8-19)6-11-22(16-26-15-14-25-17-26)27-21-12-9-20(24)10-13-21/h4-5,7-10,12-15,17,22H,6,11,16H2,1-3H3. The van der Waals surface area contributed by atoms with Crippen LogP contribution in [-0.4, -0.2) is 14.8 Å². The van der Waals surface area contributed by atoms with Gasteiger partial charge < -0.3 is 4.57 Å². The molecule has 2 aromatic carbocycles. The molecule has 0 radical (unpaired) electrons. The lowest BCUT2D eigenvalue weighted by Gasteiger charge is -2.20. The maximum atomic E-state index is 6.03. The number of aryl methyl sites for hydroxylation is 1. The molecule has 4 heteroatoms. The van der Waals surface area contributed by atoms with Gasteiger partial charge in [0.1, 0.15) is 0 Å². The number of rotatable bonds is 7. The van der Waals surface area contributed by atoms with Gasteiger partial charge in [-0.05, 0) is 53.6 Å². The van der Waals surface area contributed by atoms with E-state index in [0.29, 0.717) is 5.25 Å². The lowest BCUT2D eigenvalue weighted by atomic mass is 9.86. The maximum Gasteiger partial charge on any atom is 0.0946 e. The van der Waals surface area contributed by atoms with E-state index in [-0.39, 0.29) is 5.41 Å². The van der Waals surface area contributed by atoms with Crippen molar-refractivity contribution in [2.75, 3.05) is 0 Å². The van der Waals surface area contributed by atoms with E-state index in [1.165, 1.54) is 16.0 Å². The highest BCUT2D eigenvalue weighted by Gasteiger charge is 2.14. The third-order valence-corrected chi connectivity index (χ3v) is 6.18. The molecule has 1 unspecified atom stereocenters. The summed E-state index contributed by atoms with van der Waals surface area (Å²) in [7, 11) is 0. The van der Waals surface area contributed by atoms with Crippen molar-refractivity contribution in [3.63, 3.8) is 0 Å². The summed E-state index contributed by atoms with van der Waals surface area (Å²) in [6.07, 6.45) is 7.96. The molecule has 0 aliphatic rings. The molecule has 0 spiro atoms. The number of nitrogens with zero attached hydrogens (tertiary/aromatic N) is 2. The van der Waals surface area contributed by atoms with Crippen LogP contribution in [0.1, 0.15) is 38.3 Å². The Balaban J connectivity index is 1.66. The van der Waals surface area contributed by atoms with Crippen LogP contribution in [0.4, 0.5) is 0 Å². The van der Waals surface area contributed by atoms with Crippen molar-refractivity contribution in [3.8, 4) is 0 Å². The molecule has 3 rings (SSSR count). The highest BCUT2D eigenvalue weighted by molar-refractivity contribution is 8.00. The molecule has 0 aliphatic carbocycles. The molecule has 0 aliphatic heterocycles. The Labute approximate surface area is 172 Å². The molecule has 0 fully saturated rings. The van der Waals surface area contributed by atoms with Gasteiger partial charge in [0.2, 0.25) is 0 Å². The molecule has 1 aromatic heterocycles. The molecular weight excluding hydrogens is 372 g/mol. The monoisotopic (exact) mass is 398 g/mol. The summed E-state index contributed by atoms with van der Waals surface area (Å²) in [5, 5.41) is 1.26. The van der Waals surface area contributed by atoms with Crippen LogP contribution in [0.2, 0.25) is 5.02 Å². The number of halogens is 1. The second kappa shape index (κ2) is 8.99. The smallest absolute Gasteiger partial charge is 0.0946 e. The van der Waals surface area contributed by atoms with Crippen LogP contribution >= 0.6 is 23.4 Å². The minimum Gasteiger partial charge on any atom is -0.336 e. The summed E-state index contributed by atoms with van der Waals surface area (Å²) in [5.41, 5.74) is 2.99. The van der Waals surface area contributed by atoms with Gasteiger partial charge in [0.25, 0.3) is 0 Å². The first-order valence-electron chi connectivity index (χ1n) is 9.37. The molecule has 0 N–H and O–H groups in total. The third kappa shape index (κ3) is 6.15. The Morgan fingerprint density at radius 2 is 1.74 bits per heavy atom. The van der Waals surface area contributed by atoms with E-state index >= 15 is 0 Å². The van der Waals surface area contributed by atoms with Gasteiger partial charge in [0.05, 0.1) is 6.33 Å². The predicted octanol–water partition coefficient (Wildman–Crippen LogP) is 6.63. The highest BCUT2D eigenvalue weighted by Crippen LogP contribution is 2.29. The minimum atomic E-state index is 0.201. The fourth-order valence-corrected chi connectivity index (χ4v) is 4.31. The first kappa shape index (κ1) is 20.0. The van der Waals surface area contributed by atoms with E-state index in [0.717, 1.165) is 24.4 Å². The summed E-state index contributed by atoms with van der Waals surface area (Å²) in [5.74, 6) is 0. The van der Waals surface area contributed by atoms with Crippen molar-refractivity contribution in [1.29, 1.82) is 0 Å². The van der Waals surface area contributed by atoms with E-state index in [4.69, 9.17) is 11.6 Å². The summed E-state index contributed by atoms with van der Waals surface area (Å²) in [6.45, 7) is 7.72. The topological polar surface area (TPSA) is 17.8 Å². The number of thioether (sulfide) groups is 1. The summed E-state index contributed by atoms with van der Waals surface area (Å²) in [4.78, 5) is 5.44. The van der Waals surface area contributed by atoms with E-state index in [9.17, 15) is 0 Å². The van der Waals surface area contributed by atoms with Crippen LogP contribution < -0.4 is 0 Å². The molecule has 1 atom stereocenters. The van der Waals surface area contributed by atoms with Crippen molar-refractivity contribution >= 4 is 23.4 Å². The average molecular weight is 399 g/mol. The highest BCUT2D eigenvalue weighted by atomic mass is 35.5. The van der Waals surface area contributed by atoms with Crippen molar-refractivity contribution < 1.29 is 0 Å². The van der Waals surface area contributed by atoms with Gasteiger partial charge in [-0.15, -0.1) is 11.8 Å². The molecule has 2 nitrogen and oxygen atoms in total. The molecule has 0 saturated heterocycles. The van der Waals surface area contributed by atoms with E-state index < -0.39 is 0 Å². The Hall–Kier alpha value is -1.71. The third-order valence-electron chi connectivity index (χ3n) is 4.66. The normalized spacial score (nSPS) is 12.9. The zero-order chi connectivity index (χ0) is 19.3. The molecule has 142 valence electrons. The second-order valence-electron chi connectivity index (χ2n) is 7.94. The van der Waals surface area contributed by atoms with Crippen LogP contribution in [0, 0.1) is 0 Å². The van der Waals surface area contributed by atoms with Crippen molar-refractivity contribution in [2.45, 2.75) is 55.7 Å². The fourth-order valence-electron chi connectivity index (χ4n) is 3.02. The Morgan fingerprint density at radius 1 is 1.04 bits per heavy atom. The molecule has 3 aromatic rings. The molecule has 0 bridgehead atoms. The van der Waals surface area contributed by atoms with Crippen LogP contribution in [0.15, 0.2) is 72.1 Å². The number of hydrogen-bond donors (Lipinski definition) is 0. The molecule has 0 saturated carbocycles. The van der Waals surface area contributed by atoms with Gasteiger partial charge in [0, 0.05) is 34.1 Å². The molecular formula is C23H27ClN2S. The van der Waals surface area contributed by atoms with Gasteiger partial charge in [-0.2, -0.15) is 0 Å². The van der Waals surface area contributed by atoms with E-state index in [1.54, 1.807) is 0 Å². The van der Waals surface area contributed by atoms with Crippen LogP contribution in [0.3, 0.4) is 0 Å². The Morgan fingerprint density at radius 3 is 2.33 bits per heavy atom. The number of aromatic nitrogens is 2. The Bertz CT molecular complexity index is 818. The van der Waals surface area contributed by atoms with Gasteiger partial charge in [-0.1, -0.05) is 56.6 Å². The SMILES string of the molecule is CC(C)(C)c1ccc(CCC(Cn2ccnc2)Sc2ccc(Cl)cc2)cc1. The van der Waals surface area contributed by atoms with Crippen LogP contribution in [-0.2, 0) is 18.4 Å².